The predicted octanol–water partition coefficient (Wildman–Crippen LogP) is 1.98. The number of carbonyl (C=O) groups excluding carboxylic acids is 1. The van der Waals surface area contributed by atoms with Gasteiger partial charge in [-0.3, -0.25) is 4.79 Å². The van der Waals surface area contributed by atoms with Gasteiger partial charge in [-0.05, 0) is 36.6 Å². The summed E-state index contributed by atoms with van der Waals surface area (Å²) in [6.45, 7) is 0. The molecule has 20 heavy (non-hydrogen) atoms. The molecule has 1 heterocycles. The maximum atomic E-state index is 11.9. The third-order valence-corrected chi connectivity index (χ3v) is 3.36. The maximum absolute atomic E-state index is 11.9. The number of nitrogens with zero attached hydrogens (tertiary/aromatic N) is 1. The average Bonchev–Trinajstić information content (AvgIpc) is 3.24. The van der Waals surface area contributed by atoms with Crippen molar-refractivity contribution < 1.29 is 14.3 Å². The number of amidine groups is 1. The molecular weight excluding hydrogens is 256 g/mol. The molecule has 1 fully saturated rings. The molecule has 5 heteroatoms. The molecule has 1 aromatic carbocycles. The topological polar surface area (TPSA) is 59.9 Å². The molecule has 1 saturated carbocycles. The van der Waals surface area contributed by atoms with Crippen LogP contribution in [0.5, 0.6) is 11.5 Å². The summed E-state index contributed by atoms with van der Waals surface area (Å²) in [5.74, 6) is 2.46. The third-order valence-electron chi connectivity index (χ3n) is 3.36. The van der Waals surface area contributed by atoms with Gasteiger partial charge in [0.1, 0.15) is 23.0 Å². The standard InChI is InChI=1S/C15H16N2O3/c1-19-11-5-9(6-12(8-11)20-2)7-13-15(18)17-14(16-13)10-3-4-10/h5-8,10H,3-4H2,1-2H3,(H,16,17,18)/b13-7+. The molecule has 104 valence electrons. The summed E-state index contributed by atoms with van der Waals surface area (Å²) in [7, 11) is 3.19. The fourth-order valence-electron chi connectivity index (χ4n) is 2.11. The first-order valence-corrected chi connectivity index (χ1v) is 6.54. The summed E-state index contributed by atoms with van der Waals surface area (Å²) in [6.07, 6.45) is 3.97. The van der Waals surface area contributed by atoms with Gasteiger partial charge in [-0.25, -0.2) is 4.99 Å². The van der Waals surface area contributed by atoms with Crippen LogP contribution in [0.3, 0.4) is 0 Å². The number of methoxy groups -OCH3 is 2. The molecule has 5 nitrogen and oxygen atoms in total. The zero-order chi connectivity index (χ0) is 14.1. The van der Waals surface area contributed by atoms with Gasteiger partial charge in [-0.1, -0.05) is 0 Å². The quantitative estimate of drug-likeness (QED) is 0.853. The molecule has 1 amide bonds. The molecule has 0 saturated heterocycles. The van der Waals surface area contributed by atoms with Crippen molar-refractivity contribution in [3.63, 3.8) is 0 Å². The zero-order valence-corrected chi connectivity index (χ0v) is 11.5. The molecule has 3 rings (SSSR count). The Morgan fingerprint density at radius 1 is 1.20 bits per heavy atom. The van der Waals surface area contributed by atoms with Crippen LogP contribution in [-0.2, 0) is 4.79 Å². The maximum Gasteiger partial charge on any atom is 0.275 e. The van der Waals surface area contributed by atoms with Crippen LogP contribution < -0.4 is 14.8 Å². The van der Waals surface area contributed by atoms with E-state index in [1.165, 1.54) is 0 Å². The highest BCUT2D eigenvalue weighted by Crippen LogP contribution is 2.32. The second-order valence-corrected chi connectivity index (χ2v) is 4.90. The van der Waals surface area contributed by atoms with Gasteiger partial charge in [-0.15, -0.1) is 0 Å². The van der Waals surface area contributed by atoms with E-state index in [-0.39, 0.29) is 5.91 Å². The van der Waals surface area contributed by atoms with Crippen molar-refractivity contribution in [2.45, 2.75) is 12.8 Å². The van der Waals surface area contributed by atoms with Crippen molar-refractivity contribution in [1.82, 2.24) is 5.32 Å². The normalized spacial score (nSPS) is 19.8. The Balaban J connectivity index is 1.92. The van der Waals surface area contributed by atoms with Crippen LogP contribution in [0.25, 0.3) is 6.08 Å². The van der Waals surface area contributed by atoms with Crippen molar-refractivity contribution in [1.29, 1.82) is 0 Å². The van der Waals surface area contributed by atoms with Crippen molar-refractivity contribution in [2.75, 3.05) is 14.2 Å². The highest BCUT2D eigenvalue weighted by atomic mass is 16.5. The second kappa shape index (κ2) is 5.00. The lowest BCUT2D eigenvalue weighted by atomic mass is 10.1. The van der Waals surface area contributed by atoms with Crippen LogP contribution in [-0.4, -0.2) is 26.0 Å². The lowest BCUT2D eigenvalue weighted by Crippen LogP contribution is -2.25. The molecule has 1 aliphatic heterocycles. The minimum atomic E-state index is -0.145. The smallest absolute Gasteiger partial charge is 0.275 e. The summed E-state index contributed by atoms with van der Waals surface area (Å²) in [4.78, 5) is 16.2. The molecular formula is C15H16N2O3. The van der Waals surface area contributed by atoms with Crippen molar-refractivity contribution in [3.05, 3.63) is 29.5 Å². The lowest BCUT2D eigenvalue weighted by Gasteiger charge is -2.05. The Kier molecular flexibility index (Phi) is 3.18. The van der Waals surface area contributed by atoms with E-state index in [4.69, 9.17) is 9.47 Å². The summed E-state index contributed by atoms with van der Waals surface area (Å²) in [6, 6.07) is 5.47. The van der Waals surface area contributed by atoms with E-state index in [9.17, 15) is 4.79 Å². The van der Waals surface area contributed by atoms with Gasteiger partial charge >= 0.3 is 0 Å². The molecule has 0 spiro atoms. The molecule has 2 aliphatic rings. The van der Waals surface area contributed by atoms with E-state index >= 15 is 0 Å². The Labute approximate surface area is 117 Å². The van der Waals surface area contributed by atoms with Gasteiger partial charge < -0.3 is 14.8 Å². The molecule has 0 bridgehead atoms. The van der Waals surface area contributed by atoms with Crippen molar-refractivity contribution >= 4 is 17.8 Å². The fraction of sp³-hybridized carbons (Fsp3) is 0.333. The van der Waals surface area contributed by atoms with E-state index in [1.54, 1.807) is 26.4 Å². The molecule has 1 aliphatic carbocycles. The number of nitrogens with one attached hydrogen (secondary N) is 1. The molecule has 0 aromatic heterocycles. The van der Waals surface area contributed by atoms with Crippen LogP contribution in [0.4, 0.5) is 0 Å². The number of benzene rings is 1. The monoisotopic (exact) mass is 272 g/mol. The predicted molar refractivity (Wildman–Crippen MR) is 75.8 cm³/mol. The SMILES string of the molecule is COc1cc(/C=C2/N=C(C3CC3)NC2=O)cc(OC)c1. The molecule has 1 N–H and O–H groups in total. The summed E-state index contributed by atoms with van der Waals surface area (Å²) in [5.41, 5.74) is 1.26. The number of hydrogen-bond donors (Lipinski definition) is 1. The number of ether oxygens (including phenoxy) is 2. The second-order valence-electron chi connectivity index (χ2n) is 4.90. The van der Waals surface area contributed by atoms with E-state index < -0.39 is 0 Å². The first kappa shape index (κ1) is 12.7. The first-order valence-electron chi connectivity index (χ1n) is 6.54. The van der Waals surface area contributed by atoms with Crippen molar-refractivity contribution in [3.8, 4) is 11.5 Å². The zero-order valence-electron chi connectivity index (χ0n) is 11.5. The van der Waals surface area contributed by atoms with Gasteiger partial charge in [0.25, 0.3) is 5.91 Å². The molecule has 1 aromatic rings. The minimum Gasteiger partial charge on any atom is -0.497 e. The summed E-state index contributed by atoms with van der Waals surface area (Å²) < 4.78 is 10.4. The van der Waals surface area contributed by atoms with Crippen molar-refractivity contribution in [2.24, 2.45) is 10.9 Å². The highest BCUT2D eigenvalue weighted by Gasteiger charge is 2.33. The highest BCUT2D eigenvalue weighted by molar-refractivity contribution is 6.15. The van der Waals surface area contributed by atoms with Gasteiger partial charge in [0.2, 0.25) is 0 Å². The van der Waals surface area contributed by atoms with Gasteiger partial charge in [0.15, 0.2) is 0 Å². The van der Waals surface area contributed by atoms with E-state index in [0.717, 1.165) is 24.2 Å². The van der Waals surface area contributed by atoms with Crippen LogP contribution >= 0.6 is 0 Å². The minimum absolute atomic E-state index is 0.145. The van der Waals surface area contributed by atoms with Crippen LogP contribution in [0, 0.1) is 5.92 Å². The van der Waals surface area contributed by atoms with Gasteiger partial charge in [0.05, 0.1) is 14.2 Å². The Morgan fingerprint density at radius 2 is 1.85 bits per heavy atom. The van der Waals surface area contributed by atoms with Crippen LogP contribution in [0.2, 0.25) is 0 Å². The lowest BCUT2D eigenvalue weighted by molar-refractivity contribution is -0.115. The number of rotatable bonds is 4. The van der Waals surface area contributed by atoms with E-state index in [1.807, 2.05) is 12.1 Å². The first-order chi connectivity index (χ1) is 9.69. The molecule has 0 atom stereocenters. The largest absolute Gasteiger partial charge is 0.497 e. The van der Waals surface area contributed by atoms with Crippen LogP contribution in [0.1, 0.15) is 18.4 Å². The summed E-state index contributed by atoms with van der Waals surface area (Å²) in [5, 5.41) is 2.82. The summed E-state index contributed by atoms with van der Waals surface area (Å²) >= 11 is 0. The van der Waals surface area contributed by atoms with E-state index in [0.29, 0.717) is 23.1 Å². The Bertz CT molecular complexity index is 593. The van der Waals surface area contributed by atoms with Gasteiger partial charge in [-0.2, -0.15) is 0 Å². The third kappa shape index (κ3) is 2.52. The van der Waals surface area contributed by atoms with Gasteiger partial charge in [0, 0.05) is 12.0 Å². The Hall–Kier alpha value is -2.30. The number of aliphatic imine (C=N–C) groups is 1. The molecule has 0 radical (unpaired) electrons. The number of carbonyl (C=O) groups is 1. The molecule has 0 unspecified atom stereocenters. The number of amides is 1. The average molecular weight is 272 g/mol. The fourth-order valence-corrected chi connectivity index (χ4v) is 2.11. The van der Waals surface area contributed by atoms with Crippen LogP contribution in [0.15, 0.2) is 28.9 Å². The van der Waals surface area contributed by atoms with E-state index in [2.05, 4.69) is 10.3 Å². The Morgan fingerprint density at radius 3 is 2.40 bits per heavy atom. The number of hydrogen-bond acceptors (Lipinski definition) is 4.